The summed E-state index contributed by atoms with van der Waals surface area (Å²) in [6, 6.07) is 15.2. The van der Waals surface area contributed by atoms with Gasteiger partial charge in [0, 0.05) is 31.1 Å². The molecule has 1 aromatic carbocycles. The molecule has 0 saturated carbocycles. The summed E-state index contributed by atoms with van der Waals surface area (Å²) in [4.78, 5) is 46.8. The van der Waals surface area contributed by atoms with Gasteiger partial charge < -0.3 is 4.74 Å². The fraction of sp³-hybridized carbons (Fsp3) is 0.136. The molecule has 0 aliphatic heterocycles. The van der Waals surface area contributed by atoms with E-state index in [2.05, 4.69) is 9.97 Å². The van der Waals surface area contributed by atoms with E-state index in [9.17, 15) is 14.4 Å². The summed E-state index contributed by atoms with van der Waals surface area (Å²) in [6.07, 6.45) is 3.60. The number of carbonyl (C=O) groups is 1. The van der Waals surface area contributed by atoms with Crippen molar-refractivity contribution < 1.29 is 9.53 Å². The van der Waals surface area contributed by atoms with Crippen LogP contribution >= 0.6 is 0 Å². The van der Waals surface area contributed by atoms with Crippen molar-refractivity contribution in [1.29, 1.82) is 0 Å². The van der Waals surface area contributed by atoms with Crippen LogP contribution < -0.4 is 11.2 Å². The number of fused-ring (bicyclic) bond motifs is 1. The van der Waals surface area contributed by atoms with Crippen molar-refractivity contribution in [3.8, 4) is 5.69 Å². The Morgan fingerprint density at radius 2 is 1.83 bits per heavy atom. The predicted molar refractivity (Wildman–Crippen MR) is 111 cm³/mol. The minimum absolute atomic E-state index is 0.163. The number of hydrogen-bond donors (Lipinski definition) is 0. The van der Waals surface area contributed by atoms with Crippen LogP contribution in [0.4, 0.5) is 0 Å². The van der Waals surface area contributed by atoms with Gasteiger partial charge in [-0.15, -0.1) is 0 Å². The maximum Gasteiger partial charge on any atom is 0.337 e. The quantitative estimate of drug-likeness (QED) is 0.474. The van der Waals surface area contributed by atoms with E-state index >= 15 is 0 Å². The zero-order valence-electron chi connectivity index (χ0n) is 16.2. The molecule has 0 N–H and O–H groups in total. The lowest BCUT2D eigenvalue weighted by Gasteiger charge is -2.14. The molecule has 0 fully saturated rings. The molecule has 150 valence electrons. The van der Waals surface area contributed by atoms with E-state index in [1.165, 1.54) is 28.5 Å². The highest BCUT2D eigenvalue weighted by atomic mass is 16.5. The maximum atomic E-state index is 13.3. The second kappa shape index (κ2) is 8.12. The number of pyridine rings is 2. The summed E-state index contributed by atoms with van der Waals surface area (Å²) in [5.74, 6) is -0.523. The Balaban J connectivity index is 1.90. The Morgan fingerprint density at radius 3 is 2.60 bits per heavy atom. The molecule has 8 nitrogen and oxygen atoms in total. The van der Waals surface area contributed by atoms with Gasteiger partial charge in [0.25, 0.3) is 5.56 Å². The Bertz CT molecular complexity index is 1340. The van der Waals surface area contributed by atoms with Gasteiger partial charge in [-0.1, -0.05) is 12.1 Å². The number of benzene rings is 1. The van der Waals surface area contributed by atoms with E-state index < -0.39 is 17.2 Å². The molecule has 3 heterocycles. The van der Waals surface area contributed by atoms with Crippen LogP contribution in [0.25, 0.3) is 16.7 Å². The average molecular weight is 402 g/mol. The molecular weight excluding hydrogens is 384 g/mol. The minimum Gasteiger partial charge on any atom is -0.465 e. The normalized spacial score (nSPS) is 10.8. The Morgan fingerprint density at radius 1 is 1.00 bits per heavy atom. The number of carbonyl (C=O) groups excluding carboxylic acids is 1. The molecule has 0 amide bonds. The standard InChI is InChI=1S/C22H18N4O4/c1-30-21(28)15-6-4-8-17(14-15)26-19-18(9-5-12-24-19)20(27)25(22(26)29)13-10-16-7-2-3-11-23-16/h2-9,11-12,14H,10,13H2,1H3. The molecule has 0 saturated heterocycles. The molecule has 0 aliphatic carbocycles. The number of methoxy groups -OCH3 is 1. The Hall–Kier alpha value is -4.07. The molecule has 0 aliphatic rings. The van der Waals surface area contributed by atoms with Gasteiger partial charge in [0.05, 0.1) is 23.7 Å². The highest BCUT2D eigenvalue weighted by Crippen LogP contribution is 2.14. The second-order valence-electron chi connectivity index (χ2n) is 6.56. The molecule has 4 aromatic rings. The third kappa shape index (κ3) is 3.50. The van der Waals surface area contributed by atoms with Gasteiger partial charge in [0.2, 0.25) is 0 Å². The summed E-state index contributed by atoms with van der Waals surface area (Å²) in [5.41, 5.74) is 0.747. The summed E-state index contributed by atoms with van der Waals surface area (Å²) in [5, 5.41) is 0.307. The summed E-state index contributed by atoms with van der Waals surface area (Å²) >= 11 is 0. The number of aryl methyl sites for hydroxylation is 1. The number of esters is 1. The van der Waals surface area contributed by atoms with Gasteiger partial charge in [-0.05, 0) is 42.5 Å². The second-order valence-corrected chi connectivity index (χ2v) is 6.56. The number of nitrogens with zero attached hydrogens (tertiary/aromatic N) is 4. The highest BCUT2D eigenvalue weighted by molar-refractivity contribution is 5.90. The van der Waals surface area contributed by atoms with Crippen LogP contribution in [0, 0.1) is 0 Å². The van der Waals surface area contributed by atoms with Crippen molar-refractivity contribution in [3.05, 3.63) is 99.1 Å². The maximum absolute atomic E-state index is 13.3. The van der Waals surface area contributed by atoms with Crippen LogP contribution in [0.15, 0.2) is 76.6 Å². The number of ether oxygens (including phenoxy) is 1. The lowest BCUT2D eigenvalue weighted by atomic mass is 10.2. The predicted octanol–water partition coefficient (Wildman–Crippen LogP) is 1.97. The van der Waals surface area contributed by atoms with Gasteiger partial charge in [-0.2, -0.15) is 0 Å². The lowest BCUT2D eigenvalue weighted by molar-refractivity contribution is 0.0600. The summed E-state index contributed by atoms with van der Waals surface area (Å²) in [6.45, 7) is 0.163. The first-order valence-electron chi connectivity index (χ1n) is 9.29. The van der Waals surface area contributed by atoms with Crippen LogP contribution in [0.3, 0.4) is 0 Å². The van der Waals surface area contributed by atoms with Crippen molar-refractivity contribution in [2.75, 3.05) is 7.11 Å². The van der Waals surface area contributed by atoms with E-state index in [0.29, 0.717) is 17.5 Å². The molecular formula is C22H18N4O4. The molecule has 4 rings (SSSR count). The van der Waals surface area contributed by atoms with Gasteiger partial charge in [-0.25, -0.2) is 19.1 Å². The van der Waals surface area contributed by atoms with E-state index in [-0.39, 0.29) is 17.8 Å². The topological polar surface area (TPSA) is 96.1 Å². The van der Waals surface area contributed by atoms with Gasteiger partial charge in [0.1, 0.15) is 0 Å². The number of aromatic nitrogens is 4. The fourth-order valence-electron chi connectivity index (χ4n) is 3.28. The van der Waals surface area contributed by atoms with Crippen molar-refractivity contribution in [3.63, 3.8) is 0 Å². The van der Waals surface area contributed by atoms with Gasteiger partial charge in [0.15, 0.2) is 5.65 Å². The van der Waals surface area contributed by atoms with Crippen molar-refractivity contribution >= 4 is 17.0 Å². The summed E-state index contributed by atoms with van der Waals surface area (Å²) < 4.78 is 7.28. The molecule has 8 heteroatoms. The largest absolute Gasteiger partial charge is 0.465 e. The highest BCUT2D eigenvalue weighted by Gasteiger charge is 2.16. The van der Waals surface area contributed by atoms with E-state index in [1.54, 1.807) is 42.6 Å². The van der Waals surface area contributed by atoms with Gasteiger partial charge in [-0.3, -0.25) is 14.3 Å². The van der Waals surface area contributed by atoms with Crippen molar-refractivity contribution in [2.24, 2.45) is 0 Å². The monoisotopic (exact) mass is 402 g/mol. The first kappa shape index (κ1) is 19.3. The van der Waals surface area contributed by atoms with E-state index in [0.717, 1.165) is 5.69 Å². The zero-order chi connectivity index (χ0) is 21.1. The van der Waals surface area contributed by atoms with Crippen LogP contribution in [-0.4, -0.2) is 32.2 Å². The zero-order valence-corrected chi connectivity index (χ0v) is 16.2. The van der Waals surface area contributed by atoms with Crippen LogP contribution in [0.1, 0.15) is 16.1 Å². The Labute approximate surface area is 171 Å². The fourth-order valence-corrected chi connectivity index (χ4v) is 3.28. The molecule has 0 atom stereocenters. The van der Waals surface area contributed by atoms with Gasteiger partial charge >= 0.3 is 11.7 Å². The minimum atomic E-state index is -0.538. The number of rotatable bonds is 5. The molecule has 0 unspecified atom stereocenters. The first-order chi connectivity index (χ1) is 14.6. The molecule has 3 aromatic heterocycles. The Kier molecular flexibility index (Phi) is 5.21. The summed E-state index contributed by atoms with van der Waals surface area (Å²) in [7, 11) is 1.29. The molecule has 0 bridgehead atoms. The smallest absolute Gasteiger partial charge is 0.337 e. The van der Waals surface area contributed by atoms with E-state index in [1.807, 2.05) is 12.1 Å². The van der Waals surface area contributed by atoms with Crippen LogP contribution in [-0.2, 0) is 17.7 Å². The molecule has 0 spiro atoms. The van der Waals surface area contributed by atoms with E-state index in [4.69, 9.17) is 4.74 Å². The van der Waals surface area contributed by atoms with Crippen molar-refractivity contribution in [2.45, 2.75) is 13.0 Å². The van der Waals surface area contributed by atoms with Crippen molar-refractivity contribution in [1.82, 2.24) is 19.1 Å². The first-order valence-corrected chi connectivity index (χ1v) is 9.29. The molecule has 0 radical (unpaired) electrons. The third-order valence-corrected chi connectivity index (χ3v) is 4.74. The number of hydrogen-bond acceptors (Lipinski definition) is 6. The SMILES string of the molecule is COC(=O)c1cccc(-n2c(=O)n(CCc3ccccn3)c(=O)c3cccnc32)c1. The average Bonchev–Trinajstić information content (AvgIpc) is 2.79. The van der Waals surface area contributed by atoms with Crippen LogP contribution in [0.5, 0.6) is 0 Å². The molecule has 30 heavy (non-hydrogen) atoms. The van der Waals surface area contributed by atoms with Crippen LogP contribution in [0.2, 0.25) is 0 Å². The lowest BCUT2D eigenvalue weighted by Crippen LogP contribution is -2.40. The third-order valence-electron chi connectivity index (χ3n) is 4.74.